The van der Waals surface area contributed by atoms with Gasteiger partial charge in [0.1, 0.15) is 0 Å². The molecule has 1 atom stereocenters. The summed E-state index contributed by atoms with van der Waals surface area (Å²) in [5.74, 6) is 0. The largest absolute Gasteiger partial charge is 0.415 e. The first-order chi connectivity index (χ1) is 9.95. The van der Waals surface area contributed by atoms with Crippen LogP contribution in [0.4, 0.5) is 13.2 Å². The van der Waals surface area contributed by atoms with E-state index < -0.39 is 18.8 Å². The van der Waals surface area contributed by atoms with Crippen LogP contribution < -0.4 is 5.32 Å². The zero-order chi connectivity index (χ0) is 15.3. The number of likely N-dealkylation sites (tertiary alicyclic amines) is 1. The van der Waals surface area contributed by atoms with Crippen LogP contribution >= 0.6 is 0 Å². The quantitative estimate of drug-likeness (QED) is 0.875. The standard InChI is InChI=1S/C15H21F3N2O/c16-15(17,18)14(21)10-19-13-6-8-20(9-7-13)11-12-4-2-1-3-5-12/h1-5,13-14,19,21H,6-11H2. The molecule has 118 valence electrons. The van der Waals surface area contributed by atoms with Crippen LogP contribution in [0.5, 0.6) is 0 Å². The lowest BCUT2D eigenvalue weighted by Crippen LogP contribution is -2.47. The molecule has 6 heteroatoms. The molecule has 0 aromatic heterocycles. The Morgan fingerprint density at radius 2 is 1.81 bits per heavy atom. The Balaban J connectivity index is 1.69. The van der Waals surface area contributed by atoms with Crippen LogP contribution in [0, 0.1) is 0 Å². The smallest absolute Gasteiger partial charge is 0.382 e. The Labute approximate surface area is 122 Å². The van der Waals surface area contributed by atoms with Gasteiger partial charge < -0.3 is 10.4 Å². The van der Waals surface area contributed by atoms with Crippen molar-refractivity contribution in [1.29, 1.82) is 0 Å². The maximum absolute atomic E-state index is 12.2. The molecule has 1 aliphatic rings. The molecule has 1 aliphatic heterocycles. The lowest BCUT2D eigenvalue weighted by atomic mass is 10.0. The SMILES string of the molecule is OC(CNC1CCN(Cc2ccccc2)CC1)C(F)(F)F. The Hall–Kier alpha value is -1.11. The van der Waals surface area contributed by atoms with Gasteiger partial charge in [0, 0.05) is 19.1 Å². The van der Waals surface area contributed by atoms with E-state index in [4.69, 9.17) is 5.11 Å². The summed E-state index contributed by atoms with van der Waals surface area (Å²) in [7, 11) is 0. The lowest BCUT2D eigenvalue weighted by Gasteiger charge is -2.33. The molecule has 3 nitrogen and oxygen atoms in total. The molecule has 0 saturated carbocycles. The number of rotatable bonds is 5. The van der Waals surface area contributed by atoms with Gasteiger partial charge in [0.2, 0.25) is 0 Å². The van der Waals surface area contributed by atoms with E-state index in [1.807, 2.05) is 18.2 Å². The van der Waals surface area contributed by atoms with Gasteiger partial charge in [0.15, 0.2) is 6.10 Å². The van der Waals surface area contributed by atoms with Gasteiger partial charge in [-0.2, -0.15) is 13.2 Å². The number of aliphatic hydroxyl groups excluding tert-OH is 1. The molecule has 1 unspecified atom stereocenters. The maximum atomic E-state index is 12.2. The third kappa shape index (κ3) is 5.30. The predicted molar refractivity (Wildman–Crippen MR) is 74.8 cm³/mol. The normalized spacial score (nSPS) is 19.6. The second-order valence-corrected chi connectivity index (χ2v) is 5.50. The molecule has 0 spiro atoms. The average Bonchev–Trinajstić information content (AvgIpc) is 2.46. The predicted octanol–water partition coefficient (Wildman–Crippen LogP) is 2.16. The molecule has 0 aliphatic carbocycles. The molecule has 1 heterocycles. The Morgan fingerprint density at radius 3 is 2.38 bits per heavy atom. The van der Waals surface area contributed by atoms with Crippen LogP contribution in [-0.4, -0.2) is 48.0 Å². The Morgan fingerprint density at radius 1 is 1.19 bits per heavy atom. The fourth-order valence-corrected chi connectivity index (χ4v) is 2.53. The monoisotopic (exact) mass is 302 g/mol. The summed E-state index contributed by atoms with van der Waals surface area (Å²) in [5, 5.41) is 11.8. The number of hydrogen-bond acceptors (Lipinski definition) is 3. The van der Waals surface area contributed by atoms with E-state index in [-0.39, 0.29) is 6.04 Å². The van der Waals surface area contributed by atoms with E-state index in [0.29, 0.717) is 0 Å². The number of nitrogens with one attached hydrogen (secondary N) is 1. The van der Waals surface area contributed by atoms with Crippen molar-refractivity contribution >= 4 is 0 Å². The Bertz CT molecular complexity index is 417. The third-order valence-corrected chi connectivity index (χ3v) is 3.81. The highest BCUT2D eigenvalue weighted by molar-refractivity contribution is 5.14. The molecule has 2 rings (SSSR count). The summed E-state index contributed by atoms with van der Waals surface area (Å²) in [5.41, 5.74) is 1.25. The van der Waals surface area contributed by atoms with Crippen LogP contribution in [0.3, 0.4) is 0 Å². The highest BCUT2D eigenvalue weighted by atomic mass is 19.4. The average molecular weight is 302 g/mol. The molecule has 2 N–H and O–H groups in total. The van der Waals surface area contributed by atoms with E-state index >= 15 is 0 Å². The number of nitrogens with zero attached hydrogens (tertiary/aromatic N) is 1. The second-order valence-electron chi connectivity index (χ2n) is 5.50. The lowest BCUT2D eigenvalue weighted by molar-refractivity contribution is -0.202. The van der Waals surface area contributed by atoms with Crippen molar-refractivity contribution in [2.45, 2.75) is 37.7 Å². The van der Waals surface area contributed by atoms with Crippen LogP contribution in [0.2, 0.25) is 0 Å². The third-order valence-electron chi connectivity index (χ3n) is 3.81. The van der Waals surface area contributed by atoms with Crippen LogP contribution in [-0.2, 0) is 6.54 Å². The van der Waals surface area contributed by atoms with E-state index in [1.54, 1.807) is 0 Å². The summed E-state index contributed by atoms with van der Waals surface area (Å²) in [4.78, 5) is 2.30. The van der Waals surface area contributed by atoms with Gasteiger partial charge in [-0.25, -0.2) is 0 Å². The summed E-state index contributed by atoms with van der Waals surface area (Å²) in [6.07, 6.45) is -5.21. The number of halogens is 3. The zero-order valence-electron chi connectivity index (χ0n) is 11.8. The maximum Gasteiger partial charge on any atom is 0.415 e. The summed E-state index contributed by atoms with van der Waals surface area (Å²) >= 11 is 0. The van der Waals surface area contributed by atoms with Gasteiger partial charge in [0.25, 0.3) is 0 Å². The number of hydrogen-bond donors (Lipinski definition) is 2. The first-order valence-electron chi connectivity index (χ1n) is 7.19. The van der Waals surface area contributed by atoms with Crippen molar-refractivity contribution in [3.8, 4) is 0 Å². The molecule has 0 bridgehead atoms. The number of piperidine rings is 1. The van der Waals surface area contributed by atoms with Gasteiger partial charge in [0.05, 0.1) is 0 Å². The number of benzene rings is 1. The molecule has 1 aromatic rings. The van der Waals surface area contributed by atoms with Crippen molar-refractivity contribution in [1.82, 2.24) is 10.2 Å². The van der Waals surface area contributed by atoms with Crippen LogP contribution in [0.1, 0.15) is 18.4 Å². The fourth-order valence-electron chi connectivity index (χ4n) is 2.53. The van der Waals surface area contributed by atoms with Crippen molar-refractivity contribution in [3.63, 3.8) is 0 Å². The van der Waals surface area contributed by atoms with Crippen molar-refractivity contribution in [2.75, 3.05) is 19.6 Å². The van der Waals surface area contributed by atoms with E-state index in [0.717, 1.165) is 32.5 Å². The van der Waals surface area contributed by atoms with E-state index in [2.05, 4.69) is 22.3 Å². The molecular weight excluding hydrogens is 281 g/mol. The topological polar surface area (TPSA) is 35.5 Å². The molecule has 1 fully saturated rings. The summed E-state index contributed by atoms with van der Waals surface area (Å²) in [6.45, 7) is 2.16. The molecule has 0 amide bonds. The second kappa shape index (κ2) is 7.24. The van der Waals surface area contributed by atoms with Crippen molar-refractivity contribution in [2.24, 2.45) is 0 Å². The van der Waals surface area contributed by atoms with Gasteiger partial charge in [-0.3, -0.25) is 4.90 Å². The van der Waals surface area contributed by atoms with Crippen LogP contribution in [0.25, 0.3) is 0 Å². The number of aliphatic hydroxyl groups is 1. The molecule has 21 heavy (non-hydrogen) atoms. The van der Waals surface area contributed by atoms with Crippen molar-refractivity contribution in [3.05, 3.63) is 35.9 Å². The first kappa shape index (κ1) is 16.3. The first-order valence-corrected chi connectivity index (χ1v) is 7.19. The minimum Gasteiger partial charge on any atom is -0.382 e. The fraction of sp³-hybridized carbons (Fsp3) is 0.600. The van der Waals surface area contributed by atoms with Crippen molar-refractivity contribution < 1.29 is 18.3 Å². The molecular formula is C15H21F3N2O. The van der Waals surface area contributed by atoms with Crippen LogP contribution in [0.15, 0.2) is 30.3 Å². The zero-order valence-corrected chi connectivity index (χ0v) is 11.8. The highest BCUT2D eigenvalue weighted by Crippen LogP contribution is 2.20. The summed E-state index contributed by atoms with van der Waals surface area (Å²) < 4.78 is 36.6. The number of alkyl halides is 3. The highest BCUT2D eigenvalue weighted by Gasteiger charge is 2.38. The van der Waals surface area contributed by atoms with Gasteiger partial charge in [-0.05, 0) is 31.5 Å². The molecule has 1 aromatic carbocycles. The minimum atomic E-state index is -4.54. The summed E-state index contributed by atoms with van der Waals surface area (Å²) in [6, 6.07) is 10.2. The van der Waals surface area contributed by atoms with Gasteiger partial charge in [-0.15, -0.1) is 0 Å². The van der Waals surface area contributed by atoms with Gasteiger partial charge in [-0.1, -0.05) is 30.3 Å². The molecule has 0 radical (unpaired) electrons. The van der Waals surface area contributed by atoms with E-state index in [1.165, 1.54) is 5.56 Å². The van der Waals surface area contributed by atoms with Gasteiger partial charge >= 0.3 is 6.18 Å². The molecule has 1 saturated heterocycles. The minimum absolute atomic E-state index is 0.0500. The van der Waals surface area contributed by atoms with E-state index in [9.17, 15) is 13.2 Å². The Kier molecular flexibility index (Phi) is 5.61.